The molecule has 0 aliphatic heterocycles. The molecule has 0 bridgehead atoms. The second-order valence-electron chi connectivity index (χ2n) is 3.29. The lowest BCUT2D eigenvalue weighted by molar-refractivity contribution is -0.117. The third-order valence-corrected chi connectivity index (χ3v) is 3.82. The maximum absolute atomic E-state index is 12.0. The van der Waals surface area contributed by atoms with Crippen LogP contribution >= 0.6 is 0 Å². The SMILES string of the molecule is CCCC(C(N)=O)[S@@](=O)c1ccccc1. The number of carbonyl (C=O) groups is 1. The summed E-state index contributed by atoms with van der Waals surface area (Å²) in [4.78, 5) is 11.8. The number of primary amides is 1. The molecule has 2 atom stereocenters. The van der Waals surface area contributed by atoms with Crippen molar-refractivity contribution in [1.29, 1.82) is 0 Å². The minimum Gasteiger partial charge on any atom is -0.369 e. The summed E-state index contributed by atoms with van der Waals surface area (Å²) < 4.78 is 12.0. The number of hydrogen-bond donors (Lipinski definition) is 1. The number of hydrogen-bond acceptors (Lipinski definition) is 2. The van der Waals surface area contributed by atoms with E-state index in [1.165, 1.54) is 0 Å². The van der Waals surface area contributed by atoms with E-state index in [1.807, 2.05) is 13.0 Å². The Hall–Kier alpha value is -1.16. The van der Waals surface area contributed by atoms with Crippen molar-refractivity contribution in [1.82, 2.24) is 0 Å². The molecule has 3 nitrogen and oxygen atoms in total. The van der Waals surface area contributed by atoms with Gasteiger partial charge in [-0.25, -0.2) is 0 Å². The quantitative estimate of drug-likeness (QED) is 0.824. The van der Waals surface area contributed by atoms with Crippen molar-refractivity contribution in [3.63, 3.8) is 0 Å². The van der Waals surface area contributed by atoms with E-state index in [0.29, 0.717) is 11.3 Å². The van der Waals surface area contributed by atoms with Gasteiger partial charge in [0.05, 0.1) is 10.8 Å². The first kappa shape index (κ1) is 11.9. The molecule has 0 saturated heterocycles. The molecule has 15 heavy (non-hydrogen) atoms. The highest BCUT2D eigenvalue weighted by Gasteiger charge is 2.22. The van der Waals surface area contributed by atoms with Crippen LogP contribution in [0.25, 0.3) is 0 Å². The molecule has 0 heterocycles. The van der Waals surface area contributed by atoms with Crippen molar-refractivity contribution in [2.24, 2.45) is 5.73 Å². The van der Waals surface area contributed by atoms with Gasteiger partial charge in [0, 0.05) is 4.90 Å². The Balaban J connectivity index is 2.86. The minimum atomic E-state index is -1.33. The smallest absolute Gasteiger partial charge is 0.233 e. The minimum absolute atomic E-state index is 0.487. The first-order valence-electron chi connectivity index (χ1n) is 4.91. The lowest BCUT2D eigenvalue weighted by Crippen LogP contribution is -2.32. The van der Waals surface area contributed by atoms with Gasteiger partial charge in [0.25, 0.3) is 0 Å². The summed E-state index contributed by atoms with van der Waals surface area (Å²) in [6.07, 6.45) is 1.36. The Morgan fingerprint density at radius 1 is 1.40 bits per heavy atom. The molecule has 0 saturated carbocycles. The molecule has 0 fully saturated rings. The van der Waals surface area contributed by atoms with Gasteiger partial charge >= 0.3 is 0 Å². The van der Waals surface area contributed by atoms with E-state index in [-0.39, 0.29) is 0 Å². The first-order chi connectivity index (χ1) is 7.16. The van der Waals surface area contributed by atoms with E-state index in [0.717, 1.165) is 6.42 Å². The normalized spacial score (nSPS) is 14.5. The topological polar surface area (TPSA) is 60.2 Å². The van der Waals surface area contributed by atoms with Crippen LogP contribution in [-0.4, -0.2) is 15.4 Å². The summed E-state index contributed by atoms with van der Waals surface area (Å²) in [5.41, 5.74) is 5.23. The van der Waals surface area contributed by atoms with E-state index in [1.54, 1.807) is 24.3 Å². The number of rotatable bonds is 5. The molecule has 0 aromatic heterocycles. The summed E-state index contributed by atoms with van der Waals surface area (Å²) in [7, 11) is -1.33. The lowest BCUT2D eigenvalue weighted by Gasteiger charge is -2.11. The second kappa shape index (κ2) is 5.66. The molecule has 82 valence electrons. The second-order valence-corrected chi connectivity index (χ2v) is 4.93. The highest BCUT2D eigenvalue weighted by Crippen LogP contribution is 2.14. The van der Waals surface area contributed by atoms with Crippen molar-refractivity contribution in [3.05, 3.63) is 30.3 Å². The van der Waals surface area contributed by atoms with Crippen LogP contribution in [0, 0.1) is 0 Å². The van der Waals surface area contributed by atoms with Gasteiger partial charge in [-0.2, -0.15) is 0 Å². The van der Waals surface area contributed by atoms with Gasteiger partial charge in [-0.1, -0.05) is 31.5 Å². The van der Waals surface area contributed by atoms with E-state index in [9.17, 15) is 9.00 Å². The molecular formula is C11H15NO2S. The van der Waals surface area contributed by atoms with Gasteiger partial charge in [0.2, 0.25) is 5.91 Å². The molecule has 0 radical (unpaired) electrons. The van der Waals surface area contributed by atoms with Gasteiger partial charge in [0.15, 0.2) is 0 Å². The molecule has 1 amide bonds. The standard InChI is InChI=1S/C11H15NO2S/c1-2-6-10(11(12)13)15(14)9-7-4-3-5-8-9/h3-5,7-8,10H,2,6H2,1H3,(H2,12,13)/t10?,15-/m0/s1. The summed E-state index contributed by atoms with van der Waals surface area (Å²) >= 11 is 0. The summed E-state index contributed by atoms with van der Waals surface area (Å²) in [6.45, 7) is 1.94. The van der Waals surface area contributed by atoms with Gasteiger partial charge in [-0.3, -0.25) is 9.00 Å². The van der Waals surface area contributed by atoms with Gasteiger partial charge in [-0.05, 0) is 18.6 Å². The fourth-order valence-corrected chi connectivity index (χ4v) is 2.75. The number of benzene rings is 1. The lowest BCUT2D eigenvalue weighted by atomic mass is 10.2. The maximum Gasteiger partial charge on any atom is 0.233 e. The predicted molar refractivity (Wildman–Crippen MR) is 60.7 cm³/mol. The van der Waals surface area contributed by atoms with Gasteiger partial charge in [-0.15, -0.1) is 0 Å². The Labute approximate surface area is 92.1 Å². The van der Waals surface area contributed by atoms with Crippen LogP contribution in [0.1, 0.15) is 19.8 Å². The highest BCUT2D eigenvalue weighted by molar-refractivity contribution is 7.86. The van der Waals surface area contributed by atoms with Crippen LogP contribution in [0.5, 0.6) is 0 Å². The zero-order chi connectivity index (χ0) is 11.3. The largest absolute Gasteiger partial charge is 0.369 e. The molecule has 0 spiro atoms. The van der Waals surface area contributed by atoms with Crippen molar-refractivity contribution in [2.75, 3.05) is 0 Å². The molecular weight excluding hydrogens is 210 g/mol. The first-order valence-corrected chi connectivity index (χ1v) is 6.13. The zero-order valence-corrected chi connectivity index (χ0v) is 9.50. The highest BCUT2D eigenvalue weighted by atomic mass is 32.2. The molecule has 1 aromatic rings. The molecule has 0 aliphatic carbocycles. The monoisotopic (exact) mass is 225 g/mol. The zero-order valence-electron chi connectivity index (χ0n) is 8.68. The predicted octanol–water partition coefficient (Wildman–Crippen LogP) is 1.45. The van der Waals surface area contributed by atoms with Gasteiger partial charge < -0.3 is 5.73 Å². The number of carbonyl (C=O) groups excluding carboxylic acids is 1. The Bertz CT molecular complexity index is 351. The Morgan fingerprint density at radius 3 is 2.47 bits per heavy atom. The van der Waals surface area contributed by atoms with Crippen molar-refractivity contribution >= 4 is 16.7 Å². The van der Waals surface area contributed by atoms with Crippen LogP contribution in [-0.2, 0) is 15.6 Å². The number of nitrogens with two attached hydrogens (primary N) is 1. The molecule has 2 N–H and O–H groups in total. The molecule has 1 aromatic carbocycles. The number of amides is 1. The molecule has 1 rings (SSSR count). The van der Waals surface area contributed by atoms with Crippen LogP contribution < -0.4 is 5.73 Å². The maximum atomic E-state index is 12.0. The molecule has 4 heteroatoms. The third kappa shape index (κ3) is 3.16. The third-order valence-electron chi connectivity index (χ3n) is 2.10. The van der Waals surface area contributed by atoms with E-state index in [4.69, 9.17) is 5.73 Å². The summed E-state index contributed by atoms with van der Waals surface area (Å²) in [6, 6.07) is 8.96. The molecule has 0 aliphatic rings. The van der Waals surface area contributed by atoms with Crippen molar-refractivity contribution < 1.29 is 9.00 Å². The molecule has 1 unspecified atom stereocenters. The average molecular weight is 225 g/mol. The van der Waals surface area contributed by atoms with Crippen LogP contribution in [0.15, 0.2) is 35.2 Å². The van der Waals surface area contributed by atoms with Crippen molar-refractivity contribution in [2.45, 2.75) is 29.9 Å². The van der Waals surface area contributed by atoms with E-state index >= 15 is 0 Å². The van der Waals surface area contributed by atoms with E-state index in [2.05, 4.69) is 0 Å². The fraction of sp³-hybridized carbons (Fsp3) is 0.364. The fourth-order valence-electron chi connectivity index (χ4n) is 1.34. The van der Waals surface area contributed by atoms with Crippen LogP contribution in [0.2, 0.25) is 0 Å². The summed E-state index contributed by atoms with van der Waals surface area (Å²) in [5.74, 6) is -0.487. The van der Waals surface area contributed by atoms with Crippen molar-refractivity contribution in [3.8, 4) is 0 Å². The van der Waals surface area contributed by atoms with Crippen LogP contribution in [0.4, 0.5) is 0 Å². The summed E-state index contributed by atoms with van der Waals surface area (Å²) in [5, 5.41) is -0.572. The van der Waals surface area contributed by atoms with E-state index < -0.39 is 22.0 Å². The Kier molecular flexibility index (Phi) is 4.49. The van der Waals surface area contributed by atoms with Crippen LogP contribution in [0.3, 0.4) is 0 Å². The Morgan fingerprint density at radius 2 is 2.00 bits per heavy atom. The average Bonchev–Trinajstić information content (AvgIpc) is 2.26. The van der Waals surface area contributed by atoms with Gasteiger partial charge in [0.1, 0.15) is 5.25 Å².